The van der Waals surface area contributed by atoms with E-state index >= 15 is 0 Å². The fourth-order valence-electron chi connectivity index (χ4n) is 3.38. The second-order valence-corrected chi connectivity index (χ2v) is 7.21. The molecule has 1 atom stereocenters. The van der Waals surface area contributed by atoms with Gasteiger partial charge < -0.3 is 15.5 Å². The van der Waals surface area contributed by atoms with Crippen LogP contribution in [0.4, 0.5) is 0 Å². The molecule has 27 heavy (non-hydrogen) atoms. The molecule has 1 aliphatic heterocycles. The Morgan fingerprint density at radius 1 is 1.15 bits per heavy atom. The molecule has 0 spiro atoms. The molecule has 0 aliphatic carbocycles. The fourth-order valence-corrected chi connectivity index (χ4v) is 3.38. The van der Waals surface area contributed by atoms with E-state index in [0.717, 1.165) is 16.3 Å². The average Bonchev–Trinajstić information content (AvgIpc) is 2.65. The van der Waals surface area contributed by atoms with Crippen LogP contribution in [0.3, 0.4) is 0 Å². The van der Waals surface area contributed by atoms with Crippen molar-refractivity contribution in [3.8, 4) is 0 Å². The third-order valence-electron chi connectivity index (χ3n) is 4.83. The standard InChI is InChI=1S/C21H25N3O3/c1-14(2)20(21(27)24-11-10-22-19(26)13-24)23-18(25)12-16-8-5-7-15-6-3-4-9-17(15)16/h3-9,14,20H,10-13H2,1-2H3,(H,22,26)(H,23,25)/t20-/m1/s1. The lowest BCUT2D eigenvalue weighted by Crippen LogP contribution is -2.57. The SMILES string of the molecule is CC(C)[C@@H](NC(=O)Cc1cccc2ccccc12)C(=O)N1CCNC(=O)C1. The van der Waals surface area contributed by atoms with Gasteiger partial charge in [0.05, 0.1) is 13.0 Å². The summed E-state index contributed by atoms with van der Waals surface area (Å²) < 4.78 is 0. The third kappa shape index (κ3) is 4.45. The molecular weight excluding hydrogens is 342 g/mol. The summed E-state index contributed by atoms with van der Waals surface area (Å²) in [5.41, 5.74) is 0.929. The number of nitrogens with zero attached hydrogens (tertiary/aromatic N) is 1. The molecule has 0 saturated carbocycles. The second-order valence-electron chi connectivity index (χ2n) is 7.21. The molecule has 6 nitrogen and oxygen atoms in total. The minimum atomic E-state index is -0.640. The van der Waals surface area contributed by atoms with Gasteiger partial charge in [0, 0.05) is 13.1 Å². The zero-order valence-corrected chi connectivity index (χ0v) is 15.7. The highest BCUT2D eigenvalue weighted by Gasteiger charge is 2.31. The van der Waals surface area contributed by atoms with E-state index < -0.39 is 6.04 Å². The van der Waals surface area contributed by atoms with Gasteiger partial charge in [-0.15, -0.1) is 0 Å². The normalized spacial score (nSPS) is 15.5. The van der Waals surface area contributed by atoms with Crippen LogP contribution in [-0.4, -0.2) is 48.3 Å². The van der Waals surface area contributed by atoms with Gasteiger partial charge in [-0.1, -0.05) is 56.3 Å². The molecule has 142 valence electrons. The molecular formula is C21H25N3O3. The van der Waals surface area contributed by atoms with Crippen molar-refractivity contribution >= 4 is 28.5 Å². The maximum Gasteiger partial charge on any atom is 0.245 e. The Kier molecular flexibility index (Phi) is 5.74. The molecule has 2 aromatic carbocycles. The van der Waals surface area contributed by atoms with Gasteiger partial charge >= 0.3 is 0 Å². The van der Waals surface area contributed by atoms with Gasteiger partial charge in [0.25, 0.3) is 0 Å². The van der Waals surface area contributed by atoms with Crippen molar-refractivity contribution in [1.29, 1.82) is 0 Å². The monoisotopic (exact) mass is 367 g/mol. The van der Waals surface area contributed by atoms with E-state index in [1.165, 1.54) is 4.90 Å². The van der Waals surface area contributed by atoms with E-state index in [2.05, 4.69) is 10.6 Å². The van der Waals surface area contributed by atoms with Gasteiger partial charge in [-0.05, 0) is 22.3 Å². The first kappa shape index (κ1) is 18.9. The van der Waals surface area contributed by atoms with E-state index in [1.54, 1.807) is 0 Å². The summed E-state index contributed by atoms with van der Waals surface area (Å²) in [5.74, 6) is -0.635. The zero-order chi connectivity index (χ0) is 19.4. The van der Waals surface area contributed by atoms with Crippen LogP contribution in [0.1, 0.15) is 19.4 Å². The number of hydrogen-bond acceptors (Lipinski definition) is 3. The number of nitrogens with one attached hydrogen (secondary N) is 2. The number of amides is 3. The van der Waals surface area contributed by atoms with E-state index in [-0.39, 0.29) is 36.6 Å². The predicted molar refractivity (Wildman–Crippen MR) is 104 cm³/mol. The Labute approximate surface area is 158 Å². The second kappa shape index (κ2) is 8.20. The van der Waals surface area contributed by atoms with Gasteiger partial charge in [-0.3, -0.25) is 14.4 Å². The highest BCUT2D eigenvalue weighted by atomic mass is 16.2. The number of rotatable bonds is 5. The number of fused-ring (bicyclic) bond motifs is 1. The van der Waals surface area contributed by atoms with Crippen molar-refractivity contribution in [2.24, 2.45) is 5.92 Å². The fraction of sp³-hybridized carbons (Fsp3) is 0.381. The maximum absolute atomic E-state index is 12.8. The summed E-state index contributed by atoms with van der Waals surface area (Å²) in [5, 5.41) is 7.70. The van der Waals surface area contributed by atoms with Crippen molar-refractivity contribution in [1.82, 2.24) is 15.5 Å². The van der Waals surface area contributed by atoms with Crippen LogP contribution < -0.4 is 10.6 Å². The van der Waals surface area contributed by atoms with Crippen molar-refractivity contribution < 1.29 is 14.4 Å². The molecule has 3 rings (SSSR count). The van der Waals surface area contributed by atoms with Crippen LogP contribution in [0.15, 0.2) is 42.5 Å². The van der Waals surface area contributed by atoms with E-state index in [4.69, 9.17) is 0 Å². The summed E-state index contributed by atoms with van der Waals surface area (Å²) >= 11 is 0. The van der Waals surface area contributed by atoms with Crippen molar-refractivity contribution in [3.63, 3.8) is 0 Å². The Balaban J connectivity index is 1.71. The van der Waals surface area contributed by atoms with E-state index in [9.17, 15) is 14.4 Å². The Bertz CT molecular complexity index is 857. The van der Waals surface area contributed by atoms with Crippen LogP contribution in [0.5, 0.6) is 0 Å². The number of piperazine rings is 1. The molecule has 1 saturated heterocycles. The Morgan fingerprint density at radius 2 is 1.89 bits per heavy atom. The third-order valence-corrected chi connectivity index (χ3v) is 4.83. The first-order valence-corrected chi connectivity index (χ1v) is 9.27. The summed E-state index contributed by atoms with van der Waals surface area (Å²) in [7, 11) is 0. The molecule has 3 amide bonds. The lowest BCUT2D eigenvalue weighted by molar-refractivity contribution is -0.142. The van der Waals surface area contributed by atoms with Crippen LogP contribution in [0, 0.1) is 5.92 Å². The number of benzene rings is 2. The molecule has 0 unspecified atom stereocenters. The molecule has 0 bridgehead atoms. The molecule has 2 N–H and O–H groups in total. The minimum absolute atomic E-state index is 0.0429. The molecule has 0 radical (unpaired) electrons. The van der Waals surface area contributed by atoms with Gasteiger partial charge in [-0.25, -0.2) is 0 Å². The van der Waals surface area contributed by atoms with Gasteiger partial charge in [0.2, 0.25) is 17.7 Å². The highest BCUT2D eigenvalue weighted by Crippen LogP contribution is 2.19. The summed E-state index contributed by atoms with van der Waals surface area (Å²) in [6.45, 7) is 4.74. The zero-order valence-electron chi connectivity index (χ0n) is 15.7. The molecule has 6 heteroatoms. The first-order chi connectivity index (χ1) is 13.0. The number of hydrogen-bond donors (Lipinski definition) is 2. The number of carbonyl (C=O) groups is 3. The smallest absolute Gasteiger partial charge is 0.245 e. The van der Waals surface area contributed by atoms with Crippen molar-refractivity contribution in [2.75, 3.05) is 19.6 Å². The molecule has 1 aliphatic rings. The van der Waals surface area contributed by atoms with Crippen molar-refractivity contribution in [2.45, 2.75) is 26.3 Å². The Morgan fingerprint density at radius 3 is 2.63 bits per heavy atom. The largest absolute Gasteiger partial charge is 0.353 e. The van der Waals surface area contributed by atoms with Crippen molar-refractivity contribution in [3.05, 3.63) is 48.0 Å². The van der Waals surface area contributed by atoms with Crippen LogP contribution >= 0.6 is 0 Å². The van der Waals surface area contributed by atoms with Crippen LogP contribution in [-0.2, 0) is 20.8 Å². The maximum atomic E-state index is 12.8. The molecule has 0 aromatic heterocycles. The number of carbonyl (C=O) groups excluding carboxylic acids is 3. The lowest BCUT2D eigenvalue weighted by atomic mass is 10.00. The average molecular weight is 367 g/mol. The molecule has 2 aromatic rings. The van der Waals surface area contributed by atoms with Gasteiger partial charge in [-0.2, -0.15) is 0 Å². The summed E-state index contributed by atoms with van der Waals surface area (Å²) in [6, 6.07) is 13.2. The van der Waals surface area contributed by atoms with Gasteiger partial charge in [0.1, 0.15) is 6.04 Å². The highest BCUT2D eigenvalue weighted by molar-refractivity contribution is 5.94. The van der Waals surface area contributed by atoms with Crippen LogP contribution in [0.25, 0.3) is 10.8 Å². The Hall–Kier alpha value is -2.89. The predicted octanol–water partition coefficient (Wildman–Crippen LogP) is 1.48. The quantitative estimate of drug-likeness (QED) is 0.840. The molecule has 1 heterocycles. The van der Waals surface area contributed by atoms with E-state index in [0.29, 0.717) is 13.1 Å². The molecule has 1 fully saturated rings. The lowest BCUT2D eigenvalue weighted by Gasteiger charge is -2.32. The van der Waals surface area contributed by atoms with E-state index in [1.807, 2.05) is 56.3 Å². The summed E-state index contributed by atoms with van der Waals surface area (Å²) in [6.07, 6.45) is 0.207. The van der Waals surface area contributed by atoms with Gasteiger partial charge in [0.15, 0.2) is 0 Å². The minimum Gasteiger partial charge on any atom is -0.353 e. The first-order valence-electron chi connectivity index (χ1n) is 9.27. The van der Waals surface area contributed by atoms with Crippen LogP contribution in [0.2, 0.25) is 0 Å². The topological polar surface area (TPSA) is 78.5 Å². The summed E-state index contributed by atoms with van der Waals surface area (Å²) in [4.78, 5) is 38.6.